The van der Waals surface area contributed by atoms with Gasteiger partial charge < -0.3 is 10.1 Å². The number of nitrogens with one attached hydrogen (secondary N) is 1. The summed E-state index contributed by atoms with van der Waals surface area (Å²) in [6.07, 6.45) is 3.53. The highest BCUT2D eigenvalue weighted by atomic mass is 16.5. The first-order chi connectivity index (χ1) is 10.8. The second-order valence-corrected chi connectivity index (χ2v) is 4.66. The molecule has 1 heterocycles. The van der Waals surface area contributed by atoms with E-state index in [-0.39, 0.29) is 5.91 Å². The Morgan fingerprint density at radius 2 is 2.00 bits per heavy atom. The molecule has 3 aromatic rings. The fourth-order valence-electron chi connectivity index (χ4n) is 2.15. The summed E-state index contributed by atoms with van der Waals surface area (Å²) in [5.41, 5.74) is 2.02. The van der Waals surface area contributed by atoms with Crippen molar-refractivity contribution in [1.82, 2.24) is 9.78 Å². The third kappa shape index (κ3) is 2.83. The number of amides is 1. The van der Waals surface area contributed by atoms with E-state index in [1.54, 1.807) is 42.3 Å². The molecule has 0 bridgehead atoms. The molecule has 0 spiro atoms. The molecule has 1 aromatic heterocycles. The summed E-state index contributed by atoms with van der Waals surface area (Å²) >= 11 is 0. The number of aromatic nitrogens is 2. The number of anilines is 1. The fourth-order valence-corrected chi connectivity index (χ4v) is 2.15. The van der Waals surface area contributed by atoms with Gasteiger partial charge in [-0.05, 0) is 36.4 Å². The SMILES string of the molecule is COc1ccccc1NC(=O)c1cccc(-n2cccn2)c1. The lowest BCUT2D eigenvalue weighted by molar-refractivity contribution is 0.102. The van der Waals surface area contributed by atoms with Crippen LogP contribution in [-0.2, 0) is 0 Å². The molecule has 22 heavy (non-hydrogen) atoms. The van der Waals surface area contributed by atoms with Crippen LogP contribution in [0, 0.1) is 0 Å². The maximum atomic E-state index is 12.4. The van der Waals surface area contributed by atoms with Gasteiger partial charge in [-0.3, -0.25) is 4.79 Å². The van der Waals surface area contributed by atoms with E-state index in [1.807, 2.05) is 36.5 Å². The van der Waals surface area contributed by atoms with Crippen LogP contribution in [0.2, 0.25) is 0 Å². The molecule has 0 saturated heterocycles. The molecule has 1 amide bonds. The Balaban J connectivity index is 1.85. The summed E-state index contributed by atoms with van der Waals surface area (Å²) in [4.78, 5) is 12.4. The predicted molar refractivity (Wildman–Crippen MR) is 84.5 cm³/mol. The lowest BCUT2D eigenvalue weighted by Crippen LogP contribution is -2.13. The van der Waals surface area contributed by atoms with Gasteiger partial charge in [-0.2, -0.15) is 5.10 Å². The third-order valence-electron chi connectivity index (χ3n) is 3.23. The van der Waals surface area contributed by atoms with Crippen molar-refractivity contribution in [1.29, 1.82) is 0 Å². The van der Waals surface area contributed by atoms with Gasteiger partial charge in [0.15, 0.2) is 0 Å². The Hall–Kier alpha value is -3.08. The number of methoxy groups -OCH3 is 1. The monoisotopic (exact) mass is 293 g/mol. The van der Waals surface area contributed by atoms with Gasteiger partial charge in [0.2, 0.25) is 0 Å². The second kappa shape index (κ2) is 6.13. The minimum Gasteiger partial charge on any atom is -0.495 e. The van der Waals surface area contributed by atoms with Crippen molar-refractivity contribution >= 4 is 11.6 Å². The van der Waals surface area contributed by atoms with Gasteiger partial charge in [0.05, 0.1) is 18.5 Å². The first-order valence-electron chi connectivity index (χ1n) is 6.82. The van der Waals surface area contributed by atoms with Crippen LogP contribution < -0.4 is 10.1 Å². The quantitative estimate of drug-likeness (QED) is 0.804. The van der Waals surface area contributed by atoms with E-state index in [9.17, 15) is 4.79 Å². The van der Waals surface area contributed by atoms with Crippen LogP contribution in [0.1, 0.15) is 10.4 Å². The van der Waals surface area contributed by atoms with Crippen molar-refractivity contribution in [2.24, 2.45) is 0 Å². The van der Waals surface area contributed by atoms with Crippen LogP contribution in [0.4, 0.5) is 5.69 Å². The third-order valence-corrected chi connectivity index (χ3v) is 3.23. The maximum Gasteiger partial charge on any atom is 0.255 e. The summed E-state index contributed by atoms with van der Waals surface area (Å²) < 4.78 is 6.94. The Morgan fingerprint density at radius 3 is 2.77 bits per heavy atom. The van der Waals surface area contributed by atoms with Gasteiger partial charge in [0, 0.05) is 18.0 Å². The van der Waals surface area contributed by atoms with Crippen LogP contribution in [0.5, 0.6) is 5.75 Å². The van der Waals surface area contributed by atoms with E-state index in [1.165, 1.54) is 0 Å². The molecule has 0 aliphatic carbocycles. The molecule has 110 valence electrons. The number of hydrogen-bond acceptors (Lipinski definition) is 3. The average molecular weight is 293 g/mol. The number of carbonyl (C=O) groups excluding carboxylic acids is 1. The van der Waals surface area contributed by atoms with Gasteiger partial charge >= 0.3 is 0 Å². The molecule has 0 atom stereocenters. The molecule has 2 aromatic carbocycles. The van der Waals surface area contributed by atoms with Crippen LogP contribution >= 0.6 is 0 Å². The molecule has 0 aliphatic rings. The molecule has 0 unspecified atom stereocenters. The summed E-state index contributed by atoms with van der Waals surface area (Å²) in [6, 6.07) is 16.4. The van der Waals surface area contributed by atoms with E-state index in [0.29, 0.717) is 17.0 Å². The van der Waals surface area contributed by atoms with Gasteiger partial charge in [-0.25, -0.2) is 4.68 Å². The molecule has 5 heteroatoms. The highest BCUT2D eigenvalue weighted by Crippen LogP contribution is 2.23. The largest absolute Gasteiger partial charge is 0.495 e. The predicted octanol–water partition coefficient (Wildman–Crippen LogP) is 3.13. The number of ether oxygens (including phenoxy) is 1. The Kier molecular flexibility index (Phi) is 3.87. The molecular formula is C17H15N3O2. The molecule has 0 saturated carbocycles. The van der Waals surface area contributed by atoms with Gasteiger partial charge in [0.1, 0.15) is 5.75 Å². The van der Waals surface area contributed by atoms with Crippen LogP contribution in [0.3, 0.4) is 0 Å². The molecule has 3 rings (SSSR count). The van der Waals surface area contributed by atoms with Gasteiger partial charge in [-0.1, -0.05) is 18.2 Å². The summed E-state index contributed by atoms with van der Waals surface area (Å²) in [7, 11) is 1.57. The van der Waals surface area contributed by atoms with Crippen molar-refractivity contribution in [2.45, 2.75) is 0 Å². The smallest absolute Gasteiger partial charge is 0.255 e. The van der Waals surface area contributed by atoms with E-state index in [0.717, 1.165) is 5.69 Å². The summed E-state index contributed by atoms with van der Waals surface area (Å²) in [5, 5.41) is 7.02. The van der Waals surface area contributed by atoms with E-state index >= 15 is 0 Å². The minimum absolute atomic E-state index is 0.196. The number of hydrogen-bond donors (Lipinski definition) is 1. The minimum atomic E-state index is -0.196. The average Bonchev–Trinajstić information content (AvgIpc) is 3.10. The van der Waals surface area contributed by atoms with Crippen molar-refractivity contribution in [2.75, 3.05) is 12.4 Å². The zero-order valence-corrected chi connectivity index (χ0v) is 12.1. The first-order valence-corrected chi connectivity index (χ1v) is 6.82. The van der Waals surface area contributed by atoms with Crippen LogP contribution in [-0.4, -0.2) is 22.8 Å². The lowest BCUT2D eigenvalue weighted by atomic mass is 10.2. The van der Waals surface area contributed by atoms with Gasteiger partial charge in [-0.15, -0.1) is 0 Å². The zero-order chi connectivity index (χ0) is 15.4. The number of benzene rings is 2. The standard InChI is InChI=1S/C17H15N3O2/c1-22-16-9-3-2-8-15(16)19-17(21)13-6-4-7-14(12-13)20-11-5-10-18-20/h2-12H,1H3,(H,19,21). The Bertz CT molecular complexity index is 782. The van der Waals surface area contributed by atoms with E-state index < -0.39 is 0 Å². The second-order valence-electron chi connectivity index (χ2n) is 4.66. The van der Waals surface area contributed by atoms with Crippen molar-refractivity contribution in [3.05, 3.63) is 72.6 Å². The van der Waals surface area contributed by atoms with E-state index in [4.69, 9.17) is 4.74 Å². The molecule has 0 aliphatic heterocycles. The molecule has 0 fully saturated rings. The summed E-state index contributed by atoms with van der Waals surface area (Å²) in [6.45, 7) is 0. The zero-order valence-electron chi connectivity index (χ0n) is 12.1. The first kappa shape index (κ1) is 13.9. The van der Waals surface area contributed by atoms with Crippen LogP contribution in [0.25, 0.3) is 5.69 Å². The normalized spacial score (nSPS) is 10.2. The number of rotatable bonds is 4. The van der Waals surface area contributed by atoms with E-state index in [2.05, 4.69) is 10.4 Å². The topological polar surface area (TPSA) is 56.1 Å². The highest BCUT2D eigenvalue weighted by molar-refractivity contribution is 6.05. The Labute approximate surface area is 128 Å². The maximum absolute atomic E-state index is 12.4. The summed E-state index contributed by atoms with van der Waals surface area (Å²) in [5.74, 6) is 0.428. The Morgan fingerprint density at radius 1 is 1.14 bits per heavy atom. The van der Waals surface area contributed by atoms with Crippen molar-refractivity contribution in [3.63, 3.8) is 0 Å². The van der Waals surface area contributed by atoms with Crippen molar-refractivity contribution in [3.8, 4) is 11.4 Å². The number of para-hydroxylation sites is 2. The molecule has 5 nitrogen and oxygen atoms in total. The van der Waals surface area contributed by atoms with Gasteiger partial charge in [0.25, 0.3) is 5.91 Å². The highest BCUT2D eigenvalue weighted by Gasteiger charge is 2.10. The van der Waals surface area contributed by atoms with Crippen LogP contribution in [0.15, 0.2) is 67.0 Å². The molecule has 0 radical (unpaired) electrons. The molecule has 1 N–H and O–H groups in total. The fraction of sp³-hybridized carbons (Fsp3) is 0.0588. The lowest BCUT2D eigenvalue weighted by Gasteiger charge is -2.10. The molecular weight excluding hydrogens is 278 g/mol. The number of nitrogens with zero attached hydrogens (tertiary/aromatic N) is 2. The van der Waals surface area contributed by atoms with Crippen molar-refractivity contribution < 1.29 is 9.53 Å². The number of carbonyl (C=O) groups is 1.